The predicted octanol–water partition coefficient (Wildman–Crippen LogP) is -0.771. The maximum Gasteiger partial charge on any atom is 0.277 e. The first kappa shape index (κ1) is 17.4. The van der Waals surface area contributed by atoms with Crippen molar-refractivity contribution in [2.24, 2.45) is 5.92 Å². The number of nitrogens with one attached hydrogen (secondary N) is 2. The molecule has 118 valence electrons. The molecule has 0 aliphatic carbocycles. The fourth-order valence-electron chi connectivity index (χ4n) is 2.16. The molecule has 1 amide bonds. The summed E-state index contributed by atoms with van der Waals surface area (Å²) in [6, 6.07) is -0.698. The number of hydrogen-bond acceptors (Lipinski definition) is 4. The standard InChI is InChI=1S/C12H26N4O3S/c1-10(2)9-11(14-20(18,19)13-3)12(17)16-7-5-15(4)6-8-16/h10-11,13-14H,5-9H2,1-4H3. The van der Waals surface area contributed by atoms with Gasteiger partial charge in [0.25, 0.3) is 10.2 Å². The molecule has 0 aromatic heterocycles. The highest BCUT2D eigenvalue weighted by atomic mass is 32.2. The van der Waals surface area contributed by atoms with Gasteiger partial charge in [0.2, 0.25) is 5.91 Å². The van der Waals surface area contributed by atoms with E-state index in [2.05, 4.69) is 14.3 Å². The second-order valence-corrected chi connectivity index (χ2v) is 7.29. The van der Waals surface area contributed by atoms with Gasteiger partial charge in [-0.1, -0.05) is 13.8 Å². The van der Waals surface area contributed by atoms with Gasteiger partial charge in [0.15, 0.2) is 0 Å². The minimum atomic E-state index is -3.62. The normalized spacial score (nSPS) is 19.4. The zero-order valence-electron chi connectivity index (χ0n) is 12.7. The van der Waals surface area contributed by atoms with Crippen LogP contribution >= 0.6 is 0 Å². The predicted molar refractivity (Wildman–Crippen MR) is 78.4 cm³/mol. The van der Waals surface area contributed by atoms with Crippen molar-refractivity contribution >= 4 is 16.1 Å². The van der Waals surface area contributed by atoms with Crippen molar-refractivity contribution in [2.45, 2.75) is 26.3 Å². The molecule has 0 bridgehead atoms. The van der Waals surface area contributed by atoms with E-state index in [1.807, 2.05) is 20.9 Å². The van der Waals surface area contributed by atoms with E-state index in [1.165, 1.54) is 7.05 Å². The largest absolute Gasteiger partial charge is 0.339 e. The smallest absolute Gasteiger partial charge is 0.277 e. The summed E-state index contributed by atoms with van der Waals surface area (Å²) in [5.74, 6) is 0.0987. The Bertz CT molecular complexity index is 416. The topological polar surface area (TPSA) is 81.8 Å². The molecule has 1 fully saturated rings. The van der Waals surface area contributed by atoms with Crippen LogP contribution in [0.25, 0.3) is 0 Å². The molecule has 0 aromatic rings. The first-order chi connectivity index (χ1) is 9.25. The SMILES string of the molecule is CNS(=O)(=O)NC(CC(C)C)C(=O)N1CCN(C)CC1. The van der Waals surface area contributed by atoms with Crippen molar-refractivity contribution in [1.29, 1.82) is 0 Å². The van der Waals surface area contributed by atoms with Gasteiger partial charge in [0, 0.05) is 33.2 Å². The number of nitrogens with zero attached hydrogens (tertiary/aromatic N) is 2. The lowest BCUT2D eigenvalue weighted by Crippen LogP contribution is -2.55. The Morgan fingerprint density at radius 1 is 1.20 bits per heavy atom. The van der Waals surface area contributed by atoms with E-state index in [4.69, 9.17) is 0 Å². The van der Waals surface area contributed by atoms with Crippen LogP contribution in [-0.2, 0) is 15.0 Å². The van der Waals surface area contributed by atoms with E-state index in [0.717, 1.165) is 13.1 Å². The number of rotatable bonds is 6. The molecule has 1 saturated heterocycles. The van der Waals surface area contributed by atoms with E-state index in [-0.39, 0.29) is 11.8 Å². The van der Waals surface area contributed by atoms with Crippen LogP contribution in [0.4, 0.5) is 0 Å². The van der Waals surface area contributed by atoms with Crippen molar-refractivity contribution in [1.82, 2.24) is 19.2 Å². The van der Waals surface area contributed by atoms with Crippen LogP contribution < -0.4 is 9.44 Å². The molecule has 2 N–H and O–H groups in total. The summed E-state index contributed by atoms with van der Waals surface area (Å²) < 4.78 is 27.9. The Balaban J connectivity index is 2.74. The zero-order valence-corrected chi connectivity index (χ0v) is 13.5. The average molecular weight is 306 g/mol. The summed E-state index contributed by atoms with van der Waals surface area (Å²) in [5, 5.41) is 0. The van der Waals surface area contributed by atoms with Gasteiger partial charge < -0.3 is 9.80 Å². The molecule has 0 saturated carbocycles. The lowest BCUT2D eigenvalue weighted by atomic mass is 10.0. The van der Waals surface area contributed by atoms with E-state index in [1.54, 1.807) is 4.90 Å². The number of carbonyl (C=O) groups is 1. The minimum absolute atomic E-state index is 0.134. The highest BCUT2D eigenvalue weighted by Gasteiger charge is 2.29. The summed E-state index contributed by atoms with van der Waals surface area (Å²) in [7, 11) is -0.277. The Morgan fingerprint density at radius 3 is 2.20 bits per heavy atom. The second kappa shape index (κ2) is 7.35. The molecule has 20 heavy (non-hydrogen) atoms. The van der Waals surface area contributed by atoms with Crippen molar-refractivity contribution in [3.63, 3.8) is 0 Å². The quantitative estimate of drug-likeness (QED) is 0.675. The van der Waals surface area contributed by atoms with Crippen LogP contribution in [0.5, 0.6) is 0 Å². The molecule has 1 heterocycles. The van der Waals surface area contributed by atoms with Gasteiger partial charge in [-0.15, -0.1) is 0 Å². The van der Waals surface area contributed by atoms with Gasteiger partial charge in [-0.3, -0.25) is 4.79 Å². The van der Waals surface area contributed by atoms with Crippen molar-refractivity contribution in [3.05, 3.63) is 0 Å². The first-order valence-electron chi connectivity index (χ1n) is 6.93. The highest BCUT2D eigenvalue weighted by molar-refractivity contribution is 7.87. The van der Waals surface area contributed by atoms with E-state index in [0.29, 0.717) is 19.5 Å². The maximum absolute atomic E-state index is 12.5. The van der Waals surface area contributed by atoms with Crippen LogP contribution in [0.1, 0.15) is 20.3 Å². The molecule has 0 spiro atoms. The third-order valence-electron chi connectivity index (χ3n) is 3.39. The van der Waals surface area contributed by atoms with Crippen LogP contribution in [0.3, 0.4) is 0 Å². The minimum Gasteiger partial charge on any atom is -0.339 e. The molecule has 1 rings (SSSR count). The van der Waals surface area contributed by atoms with Crippen LogP contribution in [0.2, 0.25) is 0 Å². The van der Waals surface area contributed by atoms with Gasteiger partial charge in [-0.25, -0.2) is 4.72 Å². The molecule has 7 nitrogen and oxygen atoms in total. The van der Waals surface area contributed by atoms with Crippen LogP contribution in [0, 0.1) is 5.92 Å². The third kappa shape index (κ3) is 5.35. The molecule has 0 radical (unpaired) electrons. The molecular weight excluding hydrogens is 280 g/mol. The molecule has 8 heteroatoms. The summed E-state index contributed by atoms with van der Waals surface area (Å²) >= 11 is 0. The van der Waals surface area contributed by atoms with E-state index in [9.17, 15) is 13.2 Å². The lowest BCUT2D eigenvalue weighted by molar-refractivity contribution is -0.135. The Hall–Kier alpha value is -0.700. The zero-order chi connectivity index (χ0) is 15.3. The van der Waals surface area contributed by atoms with Gasteiger partial charge in [-0.05, 0) is 19.4 Å². The van der Waals surface area contributed by atoms with Crippen LogP contribution in [0.15, 0.2) is 0 Å². The van der Waals surface area contributed by atoms with E-state index >= 15 is 0 Å². The molecule has 0 aromatic carbocycles. The van der Waals surface area contributed by atoms with E-state index < -0.39 is 16.3 Å². The summed E-state index contributed by atoms with van der Waals surface area (Å²) in [4.78, 5) is 16.4. The molecule has 1 atom stereocenters. The Kier molecular flexibility index (Phi) is 6.38. The van der Waals surface area contributed by atoms with Gasteiger partial charge in [-0.2, -0.15) is 13.1 Å². The highest BCUT2D eigenvalue weighted by Crippen LogP contribution is 2.10. The second-order valence-electron chi connectivity index (χ2n) is 5.64. The number of hydrogen-bond donors (Lipinski definition) is 2. The van der Waals surface area contributed by atoms with Gasteiger partial charge >= 0.3 is 0 Å². The third-order valence-corrected chi connectivity index (χ3v) is 4.52. The molecule has 1 unspecified atom stereocenters. The van der Waals surface area contributed by atoms with Gasteiger partial charge in [0.05, 0.1) is 0 Å². The van der Waals surface area contributed by atoms with Crippen LogP contribution in [-0.4, -0.2) is 70.4 Å². The lowest BCUT2D eigenvalue weighted by Gasteiger charge is -2.35. The van der Waals surface area contributed by atoms with Crippen molar-refractivity contribution < 1.29 is 13.2 Å². The average Bonchev–Trinajstić information content (AvgIpc) is 2.37. The first-order valence-corrected chi connectivity index (χ1v) is 8.41. The van der Waals surface area contributed by atoms with Crippen molar-refractivity contribution in [2.75, 3.05) is 40.3 Å². The Morgan fingerprint density at radius 2 is 1.75 bits per heavy atom. The Labute approximate surface area is 121 Å². The monoisotopic (exact) mass is 306 g/mol. The molecule has 1 aliphatic rings. The molecular formula is C12H26N4O3S. The fraction of sp³-hybridized carbons (Fsp3) is 0.917. The number of piperazine rings is 1. The summed E-state index contributed by atoms with van der Waals surface area (Å²) in [6.07, 6.45) is 0.492. The maximum atomic E-state index is 12.5. The fourth-order valence-corrected chi connectivity index (χ4v) is 2.85. The van der Waals surface area contributed by atoms with Gasteiger partial charge in [0.1, 0.15) is 6.04 Å². The summed E-state index contributed by atoms with van der Waals surface area (Å²) in [5.41, 5.74) is 0. The van der Waals surface area contributed by atoms with Crippen molar-refractivity contribution in [3.8, 4) is 0 Å². The molecule has 1 aliphatic heterocycles. The number of likely N-dealkylation sites (N-methyl/N-ethyl adjacent to an activating group) is 1. The number of carbonyl (C=O) groups excluding carboxylic acids is 1. The number of amides is 1. The summed E-state index contributed by atoms with van der Waals surface area (Å²) in [6.45, 7) is 6.87.